The standard InChI is InChI=1S/C18H18Cl2N2O3S/c1-2-25-16-8-3-5-12(18(16)24)9-21-22-17(23)11-26-10-13-14(19)6-4-7-15(13)20/h3-9,24H,2,10-11H2,1H3,(H,22,23)/b21-9-. The van der Waals surface area contributed by atoms with Crippen molar-refractivity contribution in [2.75, 3.05) is 12.4 Å². The number of thioether (sulfide) groups is 1. The zero-order valence-corrected chi connectivity index (χ0v) is 16.4. The molecule has 0 heterocycles. The van der Waals surface area contributed by atoms with Gasteiger partial charge in [-0.25, -0.2) is 5.43 Å². The molecule has 8 heteroatoms. The summed E-state index contributed by atoms with van der Waals surface area (Å²) in [6.45, 7) is 2.27. The van der Waals surface area contributed by atoms with Gasteiger partial charge in [0.15, 0.2) is 11.5 Å². The number of amides is 1. The molecule has 0 spiro atoms. The number of nitrogens with zero attached hydrogens (tertiary/aromatic N) is 1. The third-order valence-corrected chi connectivity index (χ3v) is 4.93. The third-order valence-electron chi connectivity index (χ3n) is 3.26. The predicted octanol–water partition coefficient (Wildman–Crippen LogP) is 4.48. The minimum Gasteiger partial charge on any atom is -0.504 e. The zero-order chi connectivity index (χ0) is 18.9. The predicted molar refractivity (Wildman–Crippen MR) is 108 cm³/mol. The summed E-state index contributed by atoms with van der Waals surface area (Å²) in [5, 5.41) is 15.1. The molecule has 0 aliphatic rings. The van der Waals surface area contributed by atoms with Crippen LogP contribution in [0.5, 0.6) is 11.5 Å². The lowest BCUT2D eigenvalue weighted by atomic mass is 10.2. The summed E-state index contributed by atoms with van der Waals surface area (Å²) >= 11 is 13.6. The van der Waals surface area contributed by atoms with Gasteiger partial charge in [-0.2, -0.15) is 5.10 Å². The molecule has 0 atom stereocenters. The Morgan fingerprint density at radius 2 is 1.96 bits per heavy atom. The van der Waals surface area contributed by atoms with E-state index >= 15 is 0 Å². The second kappa shape index (κ2) is 10.3. The lowest BCUT2D eigenvalue weighted by Gasteiger charge is -2.07. The van der Waals surface area contributed by atoms with Crippen LogP contribution >= 0.6 is 35.0 Å². The van der Waals surface area contributed by atoms with Crippen LogP contribution in [-0.4, -0.2) is 29.6 Å². The van der Waals surface area contributed by atoms with E-state index in [1.165, 1.54) is 18.0 Å². The first-order valence-electron chi connectivity index (χ1n) is 7.80. The Kier molecular flexibility index (Phi) is 8.09. The second-order valence-corrected chi connectivity index (χ2v) is 6.91. The van der Waals surface area contributed by atoms with E-state index < -0.39 is 0 Å². The van der Waals surface area contributed by atoms with Crippen molar-refractivity contribution in [1.82, 2.24) is 5.43 Å². The maximum absolute atomic E-state index is 11.8. The van der Waals surface area contributed by atoms with Crippen LogP contribution in [0.2, 0.25) is 10.0 Å². The van der Waals surface area contributed by atoms with Gasteiger partial charge in [-0.3, -0.25) is 4.79 Å². The highest BCUT2D eigenvalue weighted by Crippen LogP contribution is 2.29. The lowest BCUT2D eigenvalue weighted by molar-refractivity contribution is -0.118. The van der Waals surface area contributed by atoms with E-state index in [0.717, 1.165) is 5.56 Å². The molecule has 2 rings (SSSR count). The summed E-state index contributed by atoms with van der Waals surface area (Å²) in [5.41, 5.74) is 3.67. The quantitative estimate of drug-likeness (QED) is 0.495. The number of phenols is 1. The zero-order valence-electron chi connectivity index (χ0n) is 14.0. The smallest absolute Gasteiger partial charge is 0.250 e. The minimum absolute atomic E-state index is 0.0184. The van der Waals surface area contributed by atoms with Gasteiger partial charge < -0.3 is 9.84 Å². The summed E-state index contributed by atoms with van der Waals surface area (Å²) in [4.78, 5) is 11.8. The molecule has 0 radical (unpaired) electrons. The fourth-order valence-corrected chi connectivity index (χ4v) is 3.59. The van der Waals surface area contributed by atoms with E-state index in [0.29, 0.717) is 33.7 Å². The molecule has 2 aromatic rings. The number of nitrogens with one attached hydrogen (secondary N) is 1. The van der Waals surface area contributed by atoms with Gasteiger partial charge >= 0.3 is 0 Å². The fourth-order valence-electron chi connectivity index (χ4n) is 2.04. The normalized spacial score (nSPS) is 10.9. The Morgan fingerprint density at radius 1 is 1.27 bits per heavy atom. The van der Waals surface area contributed by atoms with Gasteiger partial charge in [0, 0.05) is 21.4 Å². The molecule has 0 aromatic heterocycles. The average Bonchev–Trinajstić information content (AvgIpc) is 2.61. The first-order chi connectivity index (χ1) is 12.5. The summed E-state index contributed by atoms with van der Waals surface area (Å²) < 4.78 is 5.30. The highest BCUT2D eigenvalue weighted by Gasteiger charge is 2.08. The van der Waals surface area contributed by atoms with Gasteiger partial charge in [-0.1, -0.05) is 35.3 Å². The van der Waals surface area contributed by atoms with Crippen LogP contribution in [0.4, 0.5) is 0 Å². The number of hydrogen-bond acceptors (Lipinski definition) is 5. The number of hydrogen-bond donors (Lipinski definition) is 2. The number of aromatic hydroxyl groups is 1. The molecule has 0 aliphatic heterocycles. The number of halogens is 2. The van der Waals surface area contributed by atoms with Crippen molar-refractivity contribution >= 4 is 47.1 Å². The molecule has 0 saturated carbocycles. The molecular weight excluding hydrogens is 395 g/mol. The van der Waals surface area contributed by atoms with Gasteiger partial charge in [0.25, 0.3) is 0 Å². The van der Waals surface area contributed by atoms with Crippen molar-refractivity contribution in [2.45, 2.75) is 12.7 Å². The summed E-state index contributed by atoms with van der Waals surface area (Å²) in [5.74, 6) is 0.802. The number of hydrazone groups is 1. The molecule has 0 aliphatic carbocycles. The van der Waals surface area contributed by atoms with Crippen LogP contribution in [0.3, 0.4) is 0 Å². The van der Waals surface area contributed by atoms with Crippen LogP contribution in [0.1, 0.15) is 18.1 Å². The van der Waals surface area contributed by atoms with Crippen molar-refractivity contribution in [3.63, 3.8) is 0 Å². The highest BCUT2D eigenvalue weighted by molar-refractivity contribution is 7.99. The largest absolute Gasteiger partial charge is 0.504 e. The Labute approximate surface area is 166 Å². The second-order valence-electron chi connectivity index (χ2n) is 5.11. The number of benzene rings is 2. The molecule has 26 heavy (non-hydrogen) atoms. The first kappa shape index (κ1) is 20.4. The summed E-state index contributed by atoms with van der Waals surface area (Å²) in [6, 6.07) is 10.4. The molecule has 5 nitrogen and oxygen atoms in total. The molecule has 0 bridgehead atoms. The number of phenolic OH excluding ortho intramolecular Hbond substituents is 1. The third kappa shape index (κ3) is 5.83. The summed E-state index contributed by atoms with van der Waals surface area (Å²) in [7, 11) is 0. The van der Waals surface area contributed by atoms with Crippen LogP contribution in [0.25, 0.3) is 0 Å². The van der Waals surface area contributed by atoms with E-state index in [9.17, 15) is 9.90 Å². The van der Waals surface area contributed by atoms with E-state index in [-0.39, 0.29) is 17.4 Å². The van der Waals surface area contributed by atoms with Gasteiger partial charge in [0.2, 0.25) is 5.91 Å². The number of rotatable bonds is 8. The van der Waals surface area contributed by atoms with E-state index in [1.54, 1.807) is 36.4 Å². The number of para-hydroxylation sites is 1. The Hall–Kier alpha value is -1.89. The van der Waals surface area contributed by atoms with Crippen molar-refractivity contribution in [3.05, 3.63) is 57.6 Å². The molecular formula is C18H18Cl2N2O3S. The van der Waals surface area contributed by atoms with Crippen molar-refractivity contribution in [3.8, 4) is 11.5 Å². The van der Waals surface area contributed by atoms with Crippen LogP contribution < -0.4 is 10.2 Å². The molecule has 138 valence electrons. The van der Waals surface area contributed by atoms with Crippen LogP contribution in [0, 0.1) is 0 Å². The van der Waals surface area contributed by atoms with Crippen LogP contribution in [-0.2, 0) is 10.5 Å². The highest BCUT2D eigenvalue weighted by atomic mass is 35.5. The number of ether oxygens (including phenoxy) is 1. The Bertz CT molecular complexity index is 780. The Morgan fingerprint density at radius 3 is 2.65 bits per heavy atom. The van der Waals surface area contributed by atoms with Crippen molar-refractivity contribution < 1.29 is 14.6 Å². The maximum Gasteiger partial charge on any atom is 0.250 e. The van der Waals surface area contributed by atoms with Gasteiger partial charge in [0.1, 0.15) is 0 Å². The molecule has 0 saturated heterocycles. The lowest BCUT2D eigenvalue weighted by Crippen LogP contribution is -2.19. The van der Waals surface area contributed by atoms with E-state index in [4.69, 9.17) is 27.9 Å². The van der Waals surface area contributed by atoms with E-state index in [2.05, 4.69) is 10.5 Å². The molecule has 0 fully saturated rings. The van der Waals surface area contributed by atoms with Gasteiger partial charge in [-0.05, 0) is 36.8 Å². The maximum atomic E-state index is 11.8. The molecule has 2 N–H and O–H groups in total. The van der Waals surface area contributed by atoms with Crippen molar-refractivity contribution in [2.24, 2.45) is 5.10 Å². The topological polar surface area (TPSA) is 70.9 Å². The average molecular weight is 413 g/mol. The number of carbonyl (C=O) groups excluding carboxylic acids is 1. The Balaban J connectivity index is 1.84. The van der Waals surface area contributed by atoms with Gasteiger partial charge in [0.05, 0.1) is 18.6 Å². The van der Waals surface area contributed by atoms with Gasteiger partial charge in [-0.15, -0.1) is 11.8 Å². The minimum atomic E-state index is -0.269. The molecule has 1 amide bonds. The summed E-state index contributed by atoms with van der Waals surface area (Å²) in [6.07, 6.45) is 1.37. The van der Waals surface area contributed by atoms with E-state index in [1.807, 2.05) is 6.92 Å². The monoisotopic (exact) mass is 412 g/mol. The first-order valence-corrected chi connectivity index (χ1v) is 9.71. The van der Waals surface area contributed by atoms with Crippen molar-refractivity contribution in [1.29, 1.82) is 0 Å². The SMILES string of the molecule is CCOc1cccc(/C=N\NC(=O)CSCc2c(Cl)cccc2Cl)c1O. The van der Waals surface area contributed by atoms with Crippen LogP contribution in [0.15, 0.2) is 41.5 Å². The number of carbonyl (C=O) groups is 1. The fraction of sp³-hybridized carbons (Fsp3) is 0.222. The molecule has 0 unspecified atom stereocenters. The molecule has 2 aromatic carbocycles.